The fourth-order valence-corrected chi connectivity index (χ4v) is 2.86. The molecule has 3 heteroatoms. The number of hydrogen-bond acceptors (Lipinski definition) is 3. The van der Waals surface area contributed by atoms with Crippen LogP contribution >= 0.6 is 11.8 Å². The van der Waals surface area contributed by atoms with E-state index >= 15 is 0 Å². The SMILES string of the molecule is CCOc1cccc2c1NCC(CC)S2. The van der Waals surface area contributed by atoms with Crippen LogP contribution in [0.2, 0.25) is 0 Å². The third kappa shape index (κ3) is 2.23. The van der Waals surface area contributed by atoms with Gasteiger partial charge in [0.25, 0.3) is 0 Å². The predicted octanol–water partition coefficient (Wildman–Crippen LogP) is 3.38. The minimum absolute atomic E-state index is 0.689. The van der Waals surface area contributed by atoms with Gasteiger partial charge in [-0.3, -0.25) is 0 Å². The van der Waals surface area contributed by atoms with E-state index in [2.05, 4.69) is 24.4 Å². The second-order valence-corrected chi connectivity index (χ2v) is 4.93. The van der Waals surface area contributed by atoms with Crippen LogP contribution in [0, 0.1) is 0 Å². The third-order valence-corrected chi connectivity index (χ3v) is 3.97. The van der Waals surface area contributed by atoms with Gasteiger partial charge in [0.05, 0.1) is 12.3 Å². The molecule has 1 aliphatic heterocycles. The second-order valence-electron chi connectivity index (χ2n) is 3.59. The fourth-order valence-electron chi connectivity index (χ4n) is 1.72. The van der Waals surface area contributed by atoms with Crippen molar-refractivity contribution in [3.63, 3.8) is 0 Å². The highest BCUT2D eigenvalue weighted by Crippen LogP contribution is 2.41. The molecule has 1 atom stereocenters. The maximum Gasteiger partial charge on any atom is 0.143 e. The van der Waals surface area contributed by atoms with E-state index < -0.39 is 0 Å². The highest BCUT2D eigenvalue weighted by molar-refractivity contribution is 8.00. The number of anilines is 1. The first-order valence-electron chi connectivity index (χ1n) is 5.51. The van der Waals surface area contributed by atoms with Gasteiger partial charge >= 0.3 is 0 Å². The van der Waals surface area contributed by atoms with E-state index in [0.717, 1.165) is 18.9 Å². The monoisotopic (exact) mass is 223 g/mol. The predicted molar refractivity (Wildman–Crippen MR) is 66.0 cm³/mol. The van der Waals surface area contributed by atoms with Gasteiger partial charge in [0.15, 0.2) is 0 Å². The molecule has 1 heterocycles. The standard InChI is InChI=1S/C12H17NOS/c1-3-9-8-13-12-10(14-4-2)6-5-7-11(12)15-9/h5-7,9,13H,3-4,8H2,1-2H3. The number of rotatable bonds is 3. The number of benzene rings is 1. The number of thioether (sulfide) groups is 1. The summed E-state index contributed by atoms with van der Waals surface area (Å²) in [6.07, 6.45) is 1.20. The van der Waals surface area contributed by atoms with Gasteiger partial charge in [-0.05, 0) is 25.5 Å². The molecule has 15 heavy (non-hydrogen) atoms. The Morgan fingerprint density at radius 2 is 2.33 bits per heavy atom. The van der Waals surface area contributed by atoms with Crippen molar-refractivity contribution in [2.75, 3.05) is 18.5 Å². The summed E-state index contributed by atoms with van der Waals surface area (Å²) in [5.74, 6) is 0.983. The van der Waals surface area contributed by atoms with E-state index in [1.165, 1.54) is 17.0 Å². The normalized spacial score (nSPS) is 19.2. The summed E-state index contributed by atoms with van der Waals surface area (Å²) in [6.45, 7) is 6.01. The molecule has 0 saturated heterocycles. The molecule has 2 rings (SSSR count). The molecule has 0 aliphatic carbocycles. The van der Waals surface area contributed by atoms with Crippen LogP contribution in [0.4, 0.5) is 5.69 Å². The lowest BCUT2D eigenvalue weighted by molar-refractivity contribution is 0.341. The van der Waals surface area contributed by atoms with Gasteiger partial charge in [0.1, 0.15) is 5.75 Å². The highest BCUT2D eigenvalue weighted by Gasteiger charge is 2.19. The Bertz CT molecular complexity index is 340. The van der Waals surface area contributed by atoms with Crippen LogP contribution in [0.25, 0.3) is 0 Å². The maximum atomic E-state index is 5.60. The summed E-state index contributed by atoms with van der Waals surface area (Å²) in [4.78, 5) is 1.32. The topological polar surface area (TPSA) is 21.3 Å². The Kier molecular flexibility index (Phi) is 3.41. The average molecular weight is 223 g/mol. The molecule has 1 N–H and O–H groups in total. The average Bonchev–Trinajstić information content (AvgIpc) is 2.29. The Morgan fingerprint density at radius 1 is 1.47 bits per heavy atom. The lowest BCUT2D eigenvalue weighted by Crippen LogP contribution is -2.21. The lowest BCUT2D eigenvalue weighted by Gasteiger charge is -2.26. The van der Waals surface area contributed by atoms with Gasteiger partial charge in [-0.25, -0.2) is 0 Å². The summed E-state index contributed by atoms with van der Waals surface area (Å²) >= 11 is 1.95. The Morgan fingerprint density at radius 3 is 3.07 bits per heavy atom. The van der Waals surface area contributed by atoms with Crippen molar-refractivity contribution >= 4 is 17.4 Å². The van der Waals surface area contributed by atoms with Crippen molar-refractivity contribution in [2.45, 2.75) is 30.4 Å². The molecule has 1 aliphatic rings. The van der Waals surface area contributed by atoms with Crippen molar-refractivity contribution in [2.24, 2.45) is 0 Å². The third-order valence-electron chi connectivity index (χ3n) is 2.54. The van der Waals surface area contributed by atoms with Crippen LogP contribution in [0.3, 0.4) is 0 Å². The van der Waals surface area contributed by atoms with Crippen LogP contribution in [0.15, 0.2) is 23.1 Å². The van der Waals surface area contributed by atoms with E-state index in [9.17, 15) is 0 Å². The molecular weight excluding hydrogens is 206 g/mol. The van der Waals surface area contributed by atoms with E-state index in [0.29, 0.717) is 5.25 Å². The second kappa shape index (κ2) is 4.79. The molecule has 82 valence electrons. The van der Waals surface area contributed by atoms with Crippen molar-refractivity contribution < 1.29 is 4.74 Å². The molecule has 1 aromatic carbocycles. The quantitative estimate of drug-likeness (QED) is 0.848. The van der Waals surface area contributed by atoms with Crippen LogP contribution in [-0.2, 0) is 0 Å². The fraction of sp³-hybridized carbons (Fsp3) is 0.500. The lowest BCUT2D eigenvalue weighted by atomic mass is 10.2. The number of para-hydroxylation sites is 1. The molecular formula is C12H17NOS. The molecule has 0 amide bonds. The van der Waals surface area contributed by atoms with Crippen molar-refractivity contribution in [1.82, 2.24) is 0 Å². The minimum Gasteiger partial charge on any atom is -0.492 e. The van der Waals surface area contributed by atoms with Crippen molar-refractivity contribution in [3.05, 3.63) is 18.2 Å². The summed E-state index contributed by atoms with van der Waals surface area (Å²) in [5, 5.41) is 4.16. The molecule has 0 saturated carbocycles. The molecule has 0 fully saturated rings. The molecule has 0 bridgehead atoms. The molecule has 2 nitrogen and oxygen atoms in total. The number of ether oxygens (including phenoxy) is 1. The van der Waals surface area contributed by atoms with E-state index in [1.807, 2.05) is 24.8 Å². The Hall–Kier alpha value is -0.830. The summed E-state index contributed by atoms with van der Waals surface area (Å²) < 4.78 is 5.60. The summed E-state index contributed by atoms with van der Waals surface area (Å²) in [5.41, 5.74) is 1.18. The Labute approximate surface area is 95.4 Å². The Balaban J connectivity index is 2.25. The van der Waals surface area contributed by atoms with Crippen molar-refractivity contribution in [1.29, 1.82) is 0 Å². The molecule has 0 radical (unpaired) electrons. The molecule has 0 aromatic heterocycles. The van der Waals surface area contributed by atoms with E-state index in [4.69, 9.17) is 4.74 Å². The molecule has 1 aromatic rings. The van der Waals surface area contributed by atoms with E-state index in [1.54, 1.807) is 0 Å². The van der Waals surface area contributed by atoms with Crippen LogP contribution in [-0.4, -0.2) is 18.4 Å². The highest BCUT2D eigenvalue weighted by atomic mass is 32.2. The van der Waals surface area contributed by atoms with Gasteiger partial charge in [-0.15, -0.1) is 11.8 Å². The van der Waals surface area contributed by atoms with Gasteiger partial charge in [0.2, 0.25) is 0 Å². The first-order valence-corrected chi connectivity index (χ1v) is 6.39. The maximum absolute atomic E-state index is 5.60. The first kappa shape index (κ1) is 10.7. The van der Waals surface area contributed by atoms with Crippen LogP contribution < -0.4 is 10.1 Å². The number of hydrogen-bond donors (Lipinski definition) is 1. The smallest absolute Gasteiger partial charge is 0.143 e. The number of nitrogens with one attached hydrogen (secondary N) is 1. The number of fused-ring (bicyclic) bond motifs is 1. The molecule has 1 unspecified atom stereocenters. The zero-order valence-electron chi connectivity index (χ0n) is 9.25. The summed E-state index contributed by atoms with van der Waals surface area (Å²) in [7, 11) is 0. The van der Waals surface area contributed by atoms with Gasteiger partial charge in [-0.2, -0.15) is 0 Å². The van der Waals surface area contributed by atoms with Crippen LogP contribution in [0.5, 0.6) is 5.75 Å². The zero-order valence-corrected chi connectivity index (χ0v) is 10.1. The first-order chi connectivity index (χ1) is 7.35. The van der Waals surface area contributed by atoms with Gasteiger partial charge in [0, 0.05) is 16.7 Å². The van der Waals surface area contributed by atoms with Crippen LogP contribution in [0.1, 0.15) is 20.3 Å². The van der Waals surface area contributed by atoms with Gasteiger partial charge in [-0.1, -0.05) is 13.0 Å². The largest absolute Gasteiger partial charge is 0.492 e. The zero-order chi connectivity index (χ0) is 10.7. The summed E-state index contributed by atoms with van der Waals surface area (Å²) in [6, 6.07) is 6.26. The minimum atomic E-state index is 0.689. The van der Waals surface area contributed by atoms with Crippen molar-refractivity contribution in [3.8, 4) is 5.75 Å². The van der Waals surface area contributed by atoms with E-state index in [-0.39, 0.29) is 0 Å². The molecule has 0 spiro atoms. The van der Waals surface area contributed by atoms with Gasteiger partial charge < -0.3 is 10.1 Å².